The minimum atomic E-state index is 0.0231. The van der Waals surface area contributed by atoms with Crippen LogP contribution in [-0.4, -0.2) is 11.9 Å². The van der Waals surface area contributed by atoms with Crippen LogP contribution in [0, 0.1) is 12.8 Å². The molecule has 16 heavy (non-hydrogen) atoms. The summed E-state index contributed by atoms with van der Waals surface area (Å²) in [6.45, 7) is 4.07. The lowest BCUT2D eigenvalue weighted by molar-refractivity contribution is 0.0935. The van der Waals surface area contributed by atoms with Crippen molar-refractivity contribution in [2.75, 3.05) is 0 Å². The van der Waals surface area contributed by atoms with E-state index in [2.05, 4.69) is 28.2 Å². The van der Waals surface area contributed by atoms with Crippen molar-refractivity contribution in [2.45, 2.75) is 32.7 Å². The minimum Gasteiger partial charge on any atom is -0.349 e. The fraction of sp³-hybridized carbons (Fsp3) is 0.462. The van der Waals surface area contributed by atoms with Crippen molar-refractivity contribution in [3.8, 4) is 0 Å². The largest absolute Gasteiger partial charge is 0.349 e. The first-order chi connectivity index (χ1) is 7.59. The van der Waals surface area contributed by atoms with E-state index >= 15 is 0 Å². The summed E-state index contributed by atoms with van der Waals surface area (Å²) in [4.78, 5) is 12.0. The Bertz CT molecular complexity index is 412. The van der Waals surface area contributed by atoms with Gasteiger partial charge in [-0.2, -0.15) is 0 Å². The van der Waals surface area contributed by atoms with Gasteiger partial charge in [-0.05, 0) is 60.2 Å². The summed E-state index contributed by atoms with van der Waals surface area (Å²) in [6, 6.07) is 6.05. The predicted molar refractivity (Wildman–Crippen MR) is 68.5 cm³/mol. The van der Waals surface area contributed by atoms with Gasteiger partial charge in [0.15, 0.2) is 0 Å². The van der Waals surface area contributed by atoms with Crippen LogP contribution in [-0.2, 0) is 0 Å². The molecule has 1 amide bonds. The summed E-state index contributed by atoms with van der Waals surface area (Å²) in [7, 11) is 0. The molecule has 0 saturated heterocycles. The monoisotopic (exact) mass is 281 g/mol. The second-order valence-electron chi connectivity index (χ2n) is 4.54. The molecule has 0 spiro atoms. The molecule has 0 bridgehead atoms. The molecule has 1 aromatic carbocycles. The Morgan fingerprint density at radius 3 is 2.81 bits per heavy atom. The van der Waals surface area contributed by atoms with Crippen molar-refractivity contribution >= 4 is 21.8 Å². The minimum absolute atomic E-state index is 0.0231. The van der Waals surface area contributed by atoms with Crippen LogP contribution in [0.5, 0.6) is 0 Å². The maximum Gasteiger partial charge on any atom is 0.252 e. The van der Waals surface area contributed by atoms with E-state index in [1.54, 1.807) is 0 Å². The molecule has 86 valence electrons. The van der Waals surface area contributed by atoms with Crippen LogP contribution < -0.4 is 5.32 Å². The molecule has 0 aliphatic heterocycles. The SMILES string of the molecule is Cc1cccc(C(=O)NC(C)C2CC2)c1Br. The molecule has 0 aromatic heterocycles. The van der Waals surface area contributed by atoms with Crippen LogP contribution in [0.15, 0.2) is 22.7 Å². The van der Waals surface area contributed by atoms with Gasteiger partial charge < -0.3 is 5.32 Å². The van der Waals surface area contributed by atoms with E-state index < -0.39 is 0 Å². The lowest BCUT2D eigenvalue weighted by Gasteiger charge is -2.14. The number of halogens is 1. The Morgan fingerprint density at radius 2 is 2.19 bits per heavy atom. The number of hydrogen-bond acceptors (Lipinski definition) is 1. The first-order valence-corrected chi connectivity index (χ1v) is 6.45. The van der Waals surface area contributed by atoms with Gasteiger partial charge in [0.1, 0.15) is 0 Å². The second-order valence-corrected chi connectivity index (χ2v) is 5.33. The molecular weight excluding hydrogens is 266 g/mol. The molecule has 0 heterocycles. The van der Waals surface area contributed by atoms with E-state index in [1.807, 2.05) is 25.1 Å². The first kappa shape index (κ1) is 11.6. The summed E-state index contributed by atoms with van der Waals surface area (Å²) in [5.74, 6) is 0.711. The van der Waals surface area contributed by atoms with Gasteiger partial charge >= 0.3 is 0 Å². The highest BCUT2D eigenvalue weighted by Crippen LogP contribution is 2.32. The quantitative estimate of drug-likeness (QED) is 0.905. The number of benzene rings is 1. The summed E-state index contributed by atoms with van der Waals surface area (Å²) in [5, 5.41) is 3.06. The van der Waals surface area contributed by atoms with Gasteiger partial charge in [-0.3, -0.25) is 4.79 Å². The number of carbonyl (C=O) groups excluding carboxylic acids is 1. The van der Waals surface area contributed by atoms with Gasteiger partial charge in [0.25, 0.3) is 5.91 Å². The van der Waals surface area contributed by atoms with E-state index in [0.29, 0.717) is 12.0 Å². The van der Waals surface area contributed by atoms with Gasteiger partial charge in [-0.15, -0.1) is 0 Å². The number of carbonyl (C=O) groups is 1. The molecule has 3 heteroatoms. The highest BCUT2D eigenvalue weighted by molar-refractivity contribution is 9.10. The predicted octanol–water partition coefficient (Wildman–Crippen LogP) is 3.29. The number of hydrogen-bond donors (Lipinski definition) is 1. The van der Waals surface area contributed by atoms with Crippen LogP contribution in [0.2, 0.25) is 0 Å². The second kappa shape index (κ2) is 4.58. The Balaban J connectivity index is 2.10. The molecule has 1 fully saturated rings. The molecule has 1 saturated carbocycles. The zero-order chi connectivity index (χ0) is 11.7. The molecule has 1 N–H and O–H groups in total. The van der Waals surface area contributed by atoms with E-state index in [-0.39, 0.29) is 5.91 Å². The molecule has 1 aliphatic rings. The van der Waals surface area contributed by atoms with E-state index in [9.17, 15) is 4.79 Å². The molecular formula is C13H16BrNO. The smallest absolute Gasteiger partial charge is 0.252 e. The van der Waals surface area contributed by atoms with E-state index in [4.69, 9.17) is 0 Å². The van der Waals surface area contributed by atoms with Crippen LogP contribution >= 0.6 is 15.9 Å². The standard InChI is InChI=1S/C13H16BrNO/c1-8-4-3-5-11(12(8)14)13(16)15-9(2)10-6-7-10/h3-5,9-10H,6-7H2,1-2H3,(H,15,16). The van der Waals surface area contributed by atoms with Crippen molar-refractivity contribution in [3.05, 3.63) is 33.8 Å². The van der Waals surface area contributed by atoms with Crippen molar-refractivity contribution < 1.29 is 4.79 Å². The van der Waals surface area contributed by atoms with E-state index in [0.717, 1.165) is 15.6 Å². The van der Waals surface area contributed by atoms with Crippen LogP contribution in [0.25, 0.3) is 0 Å². The van der Waals surface area contributed by atoms with Crippen LogP contribution in [0.3, 0.4) is 0 Å². The summed E-state index contributed by atoms with van der Waals surface area (Å²) in [6.07, 6.45) is 2.49. The lowest BCUT2D eigenvalue weighted by atomic mass is 10.1. The fourth-order valence-corrected chi connectivity index (χ4v) is 2.27. The zero-order valence-corrected chi connectivity index (χ0v) is 11.2. The van der Waals surface area contributed by atoms with Crippen LogP contribution in [0.1, 0.15) is 35.7 Å². The molecule has 2 rings (SSSR count). The van der Waals surface area contributed by atoms with Gasteiger partial charge in [0.2, 0.25) is 0 Å². The van der Waals surface area contributed by atoms with Gasteiger partial charge in [0.05, 0.1) is 5.56 Å². The summed E-state index contributed by atoms with van der Waals surface area (Å²) >= 11 is 3.46. The highest BCUT2D eigenvalue weighted by Gasteiger charge is 2.29. The average molecular weight is 282 g/mol. The molecule has 1 aliphatic carbocycles. The van der Waals surface area contributed by atoms with Crippen molar-refractivity contribution in [1.82, 2.24) is 5.32 Å². The normalized spacial score (nSPS) is 16.9. The summed E-state index contributed by atoms with van der Waals surface area (Å²) < 4.78 is 0.899. The highest BCUT2D eigenvalue weighted by atomic mass is 79.9. The Hall–Kier alpha value is -0.830. The molecule has 1 unspecified atom stereocenters. The van der Waals surface area contributed by atoms with Gasteiger partial charge in [0, 0.05) is 10.5 Å². The maximum absolute atomic E-state index is 12.0. The van der Waals surface area contributed by atoms with Crippen LogP contribution in [0.4, 0.5) is 0 Å². The van der Waals surface area contributed by atoms with Crippen molar-refractivity contribution in [3.63, 3.8) is 0 Å². The number of amides is 1. The molecule has 0 radical (unpaired) electrons. The molecule has 1 atom stereocenters. The van der Waals surface area contributed by atoms with Crippen molar-refractivity contribution in [2.24, 2.45) is 5.92 Å². The van der Waals surface area contributed by atoms with Crippen molar-refractivity contribution in [1.29, 1.82) is 0 Å². The Kier molecular flexibility index (Phi) is 3.33. The molecule has 1 aromatic rings. The maximum atomic E-state index is 12.0. The third kappa shape index (κ3) is 2.46. The lowest BCUT2D eigenvalue weighted by Crippen LogP contribution is -2.34. The first-order valence-electron chi connectivity index (χ1n) is 5.65. The fourth-order valence-electron chi connectivity index (χ4n) is 1.82. The number of aryl methyl sites for hydroxylation is 1. The summed E-state index contributed by atoms with van der Waals surface area (Å²) in [5.41, 5.74) is 1.82. The number of nitrogens with one attached hydrogen (secondary N) is 1. The van der Waals surface area contributed by atoms with Gasteiger partial charge in [-0.1, -0.05) is 12.1 Å². The zero-order valence-electron chi connectivity index (χ0n) is 9.59. The third-order valence-electron chi connectivity index (χ3n) is 3.12. The van der Waals surface area contributed by atoms with E-state index in [1.165, 1.54) is 12.8 Å². The topological polar surface area (TPSA) is 29.1 Å². The number of rotatable bonds is 3. The van der Waals surface area contributed by atoms with Gasteiger partial charge in [-0.25, -0.2) is 0 Å². The Morgan fingerprint density at radius 1 is 1.50 bits per heavy atom. The molecule has 2 nitrogen and oxygen atoms in total. The average Bonchev–Trinajstić information content (AvgIpc) is 3.05. The Labute approximate surface area is 105 Å². The third-order valence-corrected chi connectivity index (χ3v) is 4.18.